The van der Waals surface area contributed by atoms with Crippen molar-refractivity contribution in [1.82, 2.24) is 10.2 Å². The number of guanidine groups is 1. The van der Waals surface area contributed by atoms with Gasteiger partial charge in [-0.15, -0.1) is 0 Å². The molecule has 2 fully saturated rings. The highest BCUT2D eigenvalue weighted by Crippen LogP contribution is 2.26. The number of anilines is 1. The van der Waals surface area contributed by atoms with Crippen molar-refractivity contribution in [1.29, 1.82) is 0 Å². The molecule has 0 aromatic heterocycles. The minimum atomic E-state index is -0.0828. The molecule has 0 atom stereocenters. The molecule has 1 heterocycles. The maximum atomic E-state index is 12.4. The number of amides is 1. The Bertz CT molecular complexity index is 766. The molecule has 0 unspecified atom stereocenters. The lowest BCUT2D eigenvalue weighted by atomic mass is 9.97. The molecule has 2 N–H and O–H groups in total. The Labute approximate surface area is 185 Å². The Morgan fingerprint density at radius 3 is 2.52 bits per heavy atom. The fourth-order valence-corrected chi connectivity index (χ4v) is 4.36. The number of hydrogen-bond acceptors (Lipinski definition) is 4. The molecule has 0 radical (unpaired) electrons. The van der Waals surface area contributed by atoms with E-state index in [4.69, 9.17) is 9.73 Å². The Morgan fingerprint density at radius 2 is 1.84 bits per heavy atom. The molecule has 1 aromatic carbocycles. The summed E-state index contributed by atoms with van der Waals surface area (Å²) in [5.74, 6) is 1.06. The monoisotopic (exact) mass is 428 g/mol. The summed E-state index contributed by atoms with van der Waals surface area (Å²) in [6, 6.07) is 7.94. The molecule has 3 rings (SSSR count). The number of benzene rings is 1. The highest BCUT2D eigenvalue weighted by molar-refractivity contribution is 5.92. The molecule has 31 heavy (non-hydrogen) atoms. The van der Waals surface area contributed by atoms with Crippen LogP contribution in [-0.4, -0.2) is 49.0 Å². The third kappa shape index (κ3) is 6.71. The average molecular weight is 429 g/mol. The minimum absolute atomic E-state index is 0.0146. The topological polar surface area (TPSA) is 83.0 Å². The van der Waals surface area contributed by atoms with Crippen molar-refractivity contribution in [3.8, 4) is 0 Å². The van der Waals surface area contributed by atoms with E-state index in [9.17, 15) is 9.59 Å². The van der Waals surface area contributed by atoms with Gasteiger partial charge in [-0.1, -0.05) is 25.0 Å². The normalized spacial score (nSPS) is 18.1. The van der Waals surface area contributed by atoms with Crippen LogP contribution in [0.25, 0.3) is 0 Å². The summed E-state index contributed by atoms with van der Waals surface area (Å²) >= 11 is 0. The van der Waals surface area contributed by atoms with E-state index in [1.807, 2.05) is 31.2 Å². The Kier molecular flexibility index (Phi) is 8.74. The summed E-state index contributed by atoms with van der Waals surface area (Å²) in [6.45, 7) is 7.22. The quantitative estimate of drug-likeness (QED) is 0.394. The van der Waals surface area contributed by atoms with Gasteiger partial charge in [-0.3, -0.25) is 9.59 Å². The van der Waals surface area contributed by atoms with Gasteiger partial charge >= 0.3 is 5.97 Å². The van der Waals surface area contributed by atoms with Gasteiger partial charge in [-0.2, -0.15) is 0 Å². The second kappa shape index (κ2) is 11.7. The smallest absolute Gasteiger partial charge is 0.309 e. The number of hydrogen-bond donors (Lipinski definition) is 2. The first-order valence-corrected chi connectivity index (χ1v) is 11.7. The zero-order valence-corrected chi connectivity index (χ0v) is 18.9. The molecule has 2 aliphatic rings. The van der Waals surface area contributed by atoms with Crippen LogP contribution in [0.2, 0.25) is 0 Å². The van der Waals surface area contributed by atoms with Gasteiger partial charge in [0.05, 0.1) is 19.1 Å². The van der Waals surface area contributed by atoms with Crippen molar-refractivity contribution in [2.45, 2.75) is 58.9 Å². The van der Waals surface area contributed by atoms with E-state index in [1.165, 1.54) is 0 Å². The molecule has 1 saturated heterocycles. The van der Waals surface area contributed by atoms with Crippen molar-refractivity contribution in [3.05, 3.63) is 29.8 Å². The maximum Gasteiger partial charge on any atom is 0.309 e. The van der Waals surface area contributed by atoms with E-state index >= 15 is 0 Å². The van der Waals surface area contributed by atoms with Crippen LogP contribution >= 0.6 is 0 Å². The van der Waals surface area contributed by atoms with Crippen molar-refractivity contribution < 1.29 is 14.3 Å². The summed E-state index contributed by atoms with van der Waals surface area (Å²) in [4.78, 5) is 31.4. The fraction of sp³-hybridized carbons (Fsp3) is 0.625. The van der Waals surface area contributed by atoms with Crippen molar-refractivity contribution >= 4 is 23.5 Å². The summed E-state index contributed by atoms with van der Waals surface area (Å²) in [6.07, 6.45) is 5.86. The third-order valence-corrected chi connectivity index (χ3v) is 6.08. The Hall–Kier alpha value is -2.57. The number of nitrogens with zero attached hydrogens (tertiary/aromatic N) is 2. The van der Waals surface area contributed by atoms with Gasteiger partial charge in [-0.05, 0) is 57.2 Å². The molecule has 1 aliphatic carbocycles. The van der Waals surface area contributed by atoms with E-state index < -0.39 is 0 Å². The lowest BCUT2D eigenvalue weighted by Gasteiger charge is -2.33. The van der Waals surface area contributed by atoms with Gasteiger partial charge < -0.3 is 20.3 Å². The van der Waals surface area contributed by atoms with Crippen molar-refractivity contribution in [2.75, 3.05) is 31.6 Å². The molecule has 1 saturated carbocycles. The molecular formula is C24H36N4O3. The molecule has 1 amide bonds. The van der Waals surface area contributed by atoms with Crippen LogP contribution in [0.4, 0.5) is 5.69 Å². The number of carbonyl (C=O) groups is 2. The van der Waals surface area contributed by atoms with E-state index in [2.05, 4.69) is 22.5 Å². The number of rotatable bonds is 7. The molecule has 1 aromatic rings. The second-order valence-corrected chi connectivity index (χ2v) is 8.35. The third-order valence-electron chi connectivity index (χ3n) is 6.08. The minimum Gasteiger partial charge on any atom is -0.466 e. The van der Waals surface area contributed by atoms with Crippen molar-refractivity contribution in [2.24, 2.45) is 16.8 Å². The van der Waals surface area contributed by atoms with Crippen LogP contribution in [0.15, 0.2) is 29.3 Å². The number of piperidine rings is 1. The zero-order chi connectivity index (χ0) is 22.1. The number of ether oxygens (including phenoxy) is 1. The van der Waals surface area contributed by atoms with Gasteiger partial charge in [0.15, 0.2) is 5.96 Å². The Morgan fingerprint density at radius 1 is 1.10 bits per heavy atom. The van der Waals surface area contributed by atoms with Crippen LogP contribution in [0.3, 0.4) is 0 Å². The number of esters is 1. The molecule has 1 aliphatic heterocycles. The van der Waals surface area contributed by atoms with Crippen LogP contribution < -0.4 is 10.6 Å². The number of likely N-dealkylation sites (tertiary alicyclic amines) is 1. The summed E-state index contributed by atoms with van der Waals surface area (Å²) in [7, 11) is 0. The number of aliphatic imine (C=N–C) groups is 1. The SMILES string of the molecule is CCNC(=NCc1cccc(NC(=O)C2CCCC2)c1)N1CCC(C(=O)OCC)CC1. The number of carbonyl (C=O) groups excluding carboxylic acids is 2. The summed E-state index contributed by atoms with van der Waals surface area (Å²) in [5, 5.41) is 6.43. The van der Waals surface area contributed by atoms with Crippen LogP contribution in [0.1, 0.15) is 57.9 Å². The summed E-state index contributed by atoms with van der Waals surface area (Å²) in [5.41, 5.74) is 1.89. The second-order valence-electron chi connectivity index (χ2n) is 8.35. The largest absolute Gasteiger partial charge is 0.466 e. The molecule has 170 valence electrons. The lowest BCUT2D eigenvalue weighted by Crippen LogP contribution is -2.46. The lowest BCUT2D eigenvalue weighted by molar-refractivity contribution is -0.149. The van der Waals surface area contributed by atoms with Gasteiger partial charge in [0.25, 0.3) is 0 Å². The molecule has 0 bridgehead atoms. The highest BCUT2D eigenvalue weighted by Gasteiger charge is 2.27. The van der Waals surface area contributed by atoms with Gasteiger partial charge in [0, 0.05) is 31.2 Å². The highest BCUT2D eigenvalue weighted by atomic mass is 16.5. The maximum absolute atomic E-state index is 12.4. The van der Waals surface area contributed by atoms with Gasteiger partial charge in [-0.25, -0.2) is 4.99 Å². The van der Waals surface area contributed by atoms with Crippen LogP contribution in [0, 0.1) is 11.8 Å². The van der Waals surface area contributed by atoms with E-state index in [-0.39, 0.29) is 23.7 Å². The standard InChI is InChI=1S/C24H36N4O3/c1-3-25-24(28-14-12-20(13-15-28)23(30)31-4-2)26-17-18-8-7-11-21(16-18)27-22(29)19-9-5-6-10-19/h7-8,11,16,19-20H,3-6,9-10,12-15,17H2,1-2H3,(H,25,26)(H,27,29). The molecular weight excluding hydrogens is 392 g/mol. The Balaban J connectivity index is 1.58. The van der Waals surface area contributed by atoms with E-state index in [0.29, 0.717) is 13.2 Å². The summed E-state index contributed by atoms with van der Waals surface area (Å²) < 4.78 is 5.17. The molecule has 7 nitrogen and oxygen atoms in total. The van der Waals surface area contributed by atoms with Crippen LogP contribution in [0.5, 0.6) is 0 Å². The first-order valence-electron chi connectivity index (χ1n) is 11.7. The van der Waals surface area contributed by atoms with Crippen LogP contribution in [-0.2, 0) is 20.9 Å². The average Bonchev–Trinajstić information content (AvgIpc) is 3.32. The fourth-order valence-electron chi connectivity index (χ4n) is 4.36. The first kappa shape index (κ1) is 23.1. The number of nitrogens with one attached hydrogen (secondary N) is 2. The zero-order valence-electron chi connectivity index (χ0n) is 18.9. The predicted octanol–water partition coefficient (Wildman–Crippen LogP) is 3.56. The van der Waals surface area contributed by atoms with Gasteiger partial charge in [0.1, 0.15) is 0 Å². The molecule has 7 heteroatoms. The van der Waals surface area contributed by atoms with E-state index in [0.717, 1.165) is 75.4 Å². The predicted molar refractivity (Wildman–Crippen MR) is 123 cm³/mol. The van der Waals surface area contributed by atoms with E-state index in [1.54, 1.807) is 0 Å². The molecule has 0 spiro atoms. The van der Waals surface area contributed by atoms with Crippen molar-refractivity contribution in [3.63, 3.8) is 0 Å². The van der Waals surface area contributed by atoms with Gasteiger partial charge in [0.2, 0.25) is 5.91 Å². The first-order chi connectivity index (χ1) is 15.1.